The van der Waals surface area contributed by atoms with Crippen molar-refractivity contribution >= 4 is 66.6 Å². The summed E-state index contributed by atoms with van der Waals surface area (Å²) < 4.78 is 84.1. The summed E-state index contributed by atoms with van der Waals surface area (Å²) >= 11 is 0. The van der Waals surface area contributed by atoms with E-state index in [9.17, 15) is 49.9 Å². The van der Waals surface area contributed by atoms with E-state index < -0.39 is 64.1 Å². The van der Waals surface area contributed by atoms with Gasteiger partial charge in [0.05, 0.1) is 34.0 Å². The van der Waals surface area contributed by atoms with Gasteiger partial charge in [-0.15, -0.1) is 0 Å². The monoisotopic (exact) mass is 1020 g/mol. The predicted molar refractivity (Wildman–Crippen MR) is 217 cm³/mol. The molecule has 5 rings (SSSR count). The summed E-state index contributed by atoms with van der Waals surface area (Å²) in [7, 11) is -9.67. The molecule has 0 bridgehead atoms. The van der Waals surface area contributed by atoms with Crippen LogP contribution in [0.1, 0.15) is 104 Å². The van der Waals surface area contributed by atoms with Crippen molar-refractivity contribution in [1.29, 1.82) is 0 Å². The minimum atomic E-state index is -4.84. The first-order valence-corrected chi connectivity index (χ1v) is 22.9. The van der Waals surface area contributed by atoms with Gasteiger partial charge in [-0.25, -0.2) is 16.8 Å². The van der Waals surface area contributed by atoms with Gasteiger partial charge in [0.25, 0.3) is 0 Å². The first-order valence-electron chi connectivity index (χ1n) is 20.1. The second-order valence-corrected chi connectivity index (χ2v) is 18.8. The molecule has 3 aliphatic rings. The zero-order valence-electron chi connectivity index (χ0n) is 37.1. The molecule has 1 atom stereocenters. The van der Waals surface area contributed by atoms with E-state index in [1.165, 1.54) is 48.6 Å². The second kappa shape index (κ2) is 23.8. The van der Waals surface area contributed by atoms with Crippen molar-refractivity contribution in [2.45, 2.75) is 114 Å². The molecule has 0 amide bonds. The standard InChI is InChI=1S/C43H52N2O13S2.BrH.2K/c1-7-57-37(46)15-11-9-13-21-44-33-19-17-27(59(51,52)53)23-31(33)42(3,4)35(44)25-29-39(48)30(41(50)40(29)49)26-36-43(5,6)32-24-28(60(54,55)56)18-20-34(32)45(36)22-14-10-12-16-38(47)58-8-2;;;/h17-20,23-26,29H,7-16,21-22H2,1-6H3,(H-,51,52,53,54,55,56);1H;;/q;;2*+1/p-2/b30-26-,35-25-;;;. The number of rotatable bonds is 18. The molecule has 0 N–H and O–H groups in total. The number of hydrogen-bond donors (Lipinski definition) is 0. The van der Waals surface area contributed by atoms with Crippen LogP contribution >= 0.6 is 0 Å². The number of anilines is 1. The zero-order valence-corrected chi connectivity index (χ0v) is 46.5. The van der Waals surface area contributed by atoms with Gasteiger partial charge >= 0.3 is 115 Å². The number of nitrogens with zero attached hydrogens (tertiary/aromatic N) is 2. The number of carbonyl (C=O) groups is 5. The Hall–Kier alpha value is -1.09. The molecule has 2 aromatic rings. The van der Waals surface area contributed by atoms with Crippen LogP contribution in [0.5, 0.6) is 0 Å². The third-order valence-corrected chi connectivity index (χ3v) is 13.0. The molecule has 0 spiro atoms. The summed E-state index contributed by atoms with van der Waals surface area (Å²) in [6, 6.07) is 7.96. The third kappa shape index (κ3) is 13.1. The van der Waals surface area contributed by atoms with Gasteiger partial charge in [-0.1, -0.05) is 20.3 Å². The molecule has 332 valence electrons. The van der Waals surface area contributed by atoms with Gasteiger partial charge in [0.15, 0.2) is 11.5 Å². The molecular weight excluding hydrogens is 975 g/mol. The van der Waals surface area contributed by atoms with Crippen LogP contribution in [0.3, 0.4) is 0 Å². The molecule has 15 nitrogen and oxygen atoms in total. The van der Waals surface area contributed by atoms with Crippen molar-refractivity contribution < 1.29 is 184 Å². The minimum Gasteiger partial charge on any atom is -1.00 e. The van der Waals surface area contributed by atoms with Crippen LogP contribution in [0.2, 0.25) is 0 Å². The number of unbranched alkanes of at least 4 members (excludes halogenated alkanes) is 4. The van der Waals surface area contributed by atoms with E-state index in [1.54, 1.807) is 41.5 Å². The fourth-order valence-corrected chi connectivity index (χ4v) is 9.21. The Morgan fingerprint density at radius 1 is 0.746 bits per heavy atom. The molecule has 20 heteroatoms. The predicted octanol–water partition coefficient (Wildman–Crippen LogP) is -3.92. The number of allylic oxidation sites excluding steroid dienone is 4. The number of Topliss-reactive ketones (excluding diaryl/α,β-unsaturated/α-hetero) is 3. The smallest absolute Gasteiger partial charge is 1.00 e. The maximum atomic E-state index is 14.4. The van der Waals surface area contributed by atoms with Crippen LogP contribution in [-0.2, 0) is 64.5 Å². The van der Waals surface area contributed by atoms with Crippen molar-refractivity contribution in [1.82, 2.24) is 0 Å². The Labute approximate surface area is 465 Å². The summed E-state index contributed by atoms with van der Waals surface area (Å²) in [6.07, 6.45) is 6.62. The van der Waals surface area contributed by atoms with Crippen LogP contribution in [0.4, 0.5) is 11.4 Å². The van der Waals surface area contributed by atoms with Crippen LogP contribution in [0.15, 0.2) is 69.6 Å². The van der Waals surface area contributed by atoms with Crippen molar-refractivity contribution in [2.24, 2.45) is 5.92 Å². The topological polar surface area (TPSA) is 224 Å². The maximum Gasteiger partial charge on any atom is 1.00 e. The number of fused-ring (bicyclic) bond motifs is 2. The summed E-state index contributed by atoms with van der Waals surface area (Å²) in [5.74, 6) is -4.93. The number of ketones is 3. The number of hydrogen-bond acceptors (Lipinski definition) is 14. The van der Waals surface area contributed by atoms with E-state index in [0.29, 0.717) is 85.5 Å². The summed E-state index contributed by atoms with van der Waals surface area (Å²) in [5.41, 5.74) is 0.445. The molecule has 0 saturated heterocycles. The van der Waals surface area contributed by atoms with E-state index in [2.05, 4.69) is 0 Å². The van der Waals surface area contributed by atoms with Crippen LogP contribution in [0, 0.1) is 5.92 Å². The summed E-state index contributed by atoms with van der Waals surface area (Å²) in [4.78, 5) is 66.8. The molecule has 1 aliphatic carbocycles. The van der Waals surface area contributed by atoms with Gasteiger partial charge in [-0.05, 0) is 95.3 Å². The number of esters is 2. The molecule has 2 heterocycles. The average molecular weight is 1030 g/mol. The molecule has 1 unspecified atom stereocenters. The summed E-state index contributed by atoms with van der Waals surface area (Å²) in [6.45, 7) is 11.7. The molecule has 0 radical (unpaired) electrons. The fourth-order valence-electron chi connectivity index (χ4n) is 8.22. The van der Waals surface area contributed by atoms with Crippen molar-refractivity contribution in [2.75, 3.05) is 31.2 Å². The SMILES string of the molecule is CCOC(=O)CCCCCN1/C(=C\C2C(=O)C(=O)/C(=C\C3=[N+](CCCCCC(=O)OCC)c4ccc(S(=O)(=O)[O-])cc4C3(C)C)C2=O)C(C)(C)c2cc(S(=O)(=O)[O-])ccc21.[Br-].[K+].[K+]. The molecule has 1 saturated carbocycles. The molecule has 2 aliphatic heterocycles. The van der Waals surface area contributed by atoms with E-state index in [0.717, 1.165) is 0 Å². The quantitative estimate of drug-likeness (QED) is 0.0160. The number of carbonyl (C=O) groups excluding carboxylic acids is 5. The van der Waals surface area contributed by atoms with Gasteiger partial charge in [-0.2, -0.15) is 4.58 Å². The van der Waals surface area contributed by atoms with Gasteiger partial charge < -0.3 is 40.5 Å². The van der Waals surface area contributed by atoms with Crippen molar-refractivity contribution in [3.05, 3.63) is 70.9 Å². The number of benzene rings is 2. The largest absolute Gasteiger partial charge is 1.00 e. The van der Waals surface area contributed by atoms with Gasteiger partial charge in [0.1, 0.15) is 32.7 Å². The normalized spacial score (nSPS) is 18.8. The Kier molecular flexibility index (Phi) is 21.9. The number of halogens is 1. The molecule has 2 aromatic carbocycles. The van der Waals surface area contributed by atoms with Gasteiger partial charge in [0, 0.05) is 60.3 Å². The van der Waals surface area contributed by atoms with Gasteiger partial charge in [-0.3, -0.25) is 24.0 Å². The first kappa shape index (κ1) is 58.0. The molecule has 63 heavy (non-hydrogen) atoms. The van der Waals surface area contributed by atoms with Crippen LogP contribution in [0.25, 0.3) is 0 Å². The maximum absolute atomic E-state index is 14.4. The van der Waals surface area contributed by atoms with Gasteiger partial charge in [0.2, 0.25) is 17.3 Å². The fraction of sp³-hybridized carbons (Fsp3) is 0.488. The average Bonchev–Trinajstić information content (AvgIpc) is 3.60. The molecule has 1 fully saturated rings. The summed E-state index contributed by atoms with van der Waals surface area (Å²) in [5, 5.41) is 0. The van der Waals surface area contributed by atoms with E-state index >= 15 is 0 Å². The van der Waals surface area contributed by atoms with E-state index in [4.69, 9.17) is 9.47 Å². The third-order valence-electron chi connectivity index (χ3n) is 11.3. The Morgan fingerprint density at radius 3 is 1.81 bits per heavy atom. The Morgan fingerprint density at radius 2 is 1.27 bits per heavy atom. The number of ether oxygens (including phenoxy) is 2. The van der Waals surface area contributed by atoms with E-state index in [-0.39, 0.29) is 163 Å². The van der Waals surface area contributed by atoms with Crippen molar-refractivity contribution in [3.8, 4) is 0 Å². The first-order chi connectivity index (χ1) is 28.0. The van der Waals surface area contributed by atoms with E-state index in [1.807, 2.05) is 9.48 Å². The van der Waals surface area contributed by atoms with Crippen LogP contribution < -0.4 is 125 Å². The minimum absolute atomic E-state index is 0. The Bertz CT molecular complexity index is 2450. The van der Waals surface area contributed by atoms with Crippen LogP contribution in [-0.4, -0.2) is 91.8 Å². The zero-order chi connectivity index (χ0) is 44.4. The molecule has 0 aromatic heterocycles. The Balaban J connectivity index is 0.00000455. The molecular formula is C43H51BrK2N2O13S2. The second-order valence-electron chi connectivity index (χ2n) is 16.1. The van der Waals surface area contributed by atoms with Crippen molar-refractivity contribution in [3.63, 3.8) is 0 Å².